The molecule has 0 unspecified atom stereocenters. The normalized spacial score (nSPS) is 1.78. The maximum absolute atomic E-state index is 8.00. The standard InChI is InChI=1S/3CH2O.Co.NO/c3*1-2;;1-2/h3*1H2;;/q;;;;-1. The summed E-state index contributed by atoms with van der Waals surface area (Å²) in [6.45, 7) is 6.00. The van der Waals surface area contributed by atoms with Crippen molar-refractivity contribution in [1.29, 1.82) is 0 Å². The molecule has 0 spiro atoms. The maximum atomic E-state index is 8.00. The van der Waals surface area contributed by atoms with Gasteiger partial charge < -0.3 is 24.9 Å². The second kappa shape index (κ2) is 341. The number of carbonyl (C=O) groups excluding carboxylic acids is 3. The fourth-order valence-electron chi connectivity index (χ4n) is 0. The molecule has 0 heterocycles. The molecule has 0 aliphatic rings. The predicted molar refractivity (Wildman–Crippen MR) is 28.1 cm³/mol. The minimum Gasteiger partial charge on any atom is -0.577 e. The van der Waals surface area contributed by atoms with Crippen LogP contribution in [0.3, 0.4) is 0 Å². The van der Waals surface area contributed by atoms with Crippen LogP contribution in [0.2, 0.25) is 0 Å². The summed E-state index contributed by atoms with van der Waals surface area (Å²) in [7, 11) is 0. The van der Waals surface area contributed by atoms with Crippen molar-refractivity contribution >= 4 is 20.4 Å². The van der Waals surface area contributed by atoms with Gasteiger partial charge >= 0.3 is 0 Å². The third-order valence-electron chi connectivity index (χ3n) is 0. The molecule has 0 aromatic carbocycles. The van der Waals surface area contributed by atoms with E-state index in [-0.39, 0.29) is 16.8 Å². The molecule has 9 heavy (non-hydrogen) atoms. The molecular weight excluding hydrogens is 173 g/mol. The summed E-state index contributed by atoms with van der Waals surface area (Å²) in [6.07, 6.45) is 0. The Morgan fingerprint density at radius 1 is 0.667 bits per heavy atom. The molecule has 6 heteroatoms. The number of nitroso groups, excluding NO2 is 1. The molecule has 0 aromatic heterocycles. The molecule has 0 bridgehead atoms. The van der Waals surface area contributed by atoms with Gasteiger partial charge in [0, 0.05) is 16.8 Å². The summed E-state index contributed by atoms with van der Waals surface area (Å²) in [5.41, 5.74) is 5.75. The van der Waals surface area contributed by atoms with Crippen LogP contribution in [0.4, 0.5) is 0 Å². The molecule has 0 amide bonds. The maximum Gasteiger partial charge on any atom is 0.106 e. The van der Waals surface area contributed by atoms with Crippen molar-refractivity contribution in [2.45, 2.75) is 0 Å². The van der Waals surface area contributed by atoms with Crippen LogP contribution < -0.4 is 0 Å². The van der Waals surface area contributed by atoms with E-state index >= 15 is 0 Å². The van der Waals surface area contributed by atoms with Gasteiger partial charge in [-0.1, -0.05) is 0 Å². The molecule has 0 rings (SSSR count). The summed E-state index contributed by atoms with van der Waals surface area (Å²) in [4.78, 5) is 31.2. The SMILES string of the molecule is C=O.C=O.C=O.[Co].[N-]=O. The quantitative estimate of drug-likeness (QED) is 0.513. The van der Waals surface area contributed by atoms with Crippen LogP contribution in [0.25, 0.3) is 5.59 Å². The monoisotopic (exact) mass is 179 g/mol. The van der Waals surface area contributed by atoms with Gasteiger partial charge in [-0.05, 0) is 0 Å². The van der Waals surface area contributed by atoms with Crippen LogP contribution in [-0.2, 0) is 31.2 Å². The Labute approximate surface area is 62.8 Å². The van der Waals surface area contributed by atoms with Gasteiger partial charge in [0.2, 0.25) is 0 Å². The largest absolute Gasteiger partial charge is 0.577 e. The molecule has 0 aliphatic carbocycles. The van der Waals surface area contributed by atoms with Crippen LogP contribution in [-0.4, -0.2) is 20.4 Å². The predicted octanol–water partition coefficient (Wildman–Crippen LogP) is -0.235. The first-order chi connectivity index (χ1) is 4.00. The van der Waals surface area contributed by atoms with E-state index in [4.69, 9.17) is 24.9 Å². The molecule has 1 radical (unpaired) electrons. The summed E-state index contributed by atoms with van der Waals surface area (Å²) in [6, 6.07) is 0. The summed E-state index contributed by atoms with van der Waals surface area (Å²) >= 11 is 0. The smallest absolute Gasteiger partial charge is 0.106 e. The van der Waals surface area contributed by atoms with E-state index in [1.807, 2.05) is 20.4 Å². The van der Waals surface area contributed by atoms with Crippen molar-refractivity contribution in [2.75, 3.05) is 0 Å². The first kappa shape index (κ1) is 42.3. The average Bonchev–Trinajstić information content (AvgIpc) is 2.03. The van der Waals surface area contributed by atoms with Gasteiger partial charge in [-0.2, -0.15) is 0 Å². The van der Waals surface area contributed by atoms with Gasteiger partial charge in [-0.25, -0.2) is 0 Å². The summed E-state index contributed by atoms with van der Waals surface area (Å²) < 4.78 is 0. The van der Waals surface area contributed by atoms with E-state index < -0.39 is 0 Å². The van der Waals surface area contributed by atoms with Gasteiger partial charge in [0.15, 0.2) is 0 Å². The topological polar surface area (TPSA) is 90.6 Å². The number of hydrogen-bond donors (Lipinski definition) is 0. The van der Waals surface area contributed by atoms with Crippen molar-refractivity contribution in [3.8, 4) is 0 Å². The molecule has 0 saturated heterocycles. The molecule has 0 atom stereocenters. The zero-order valence-corrected chi connectivity index (χ0v) is 5.58. The van der Waals surface area contributed by atoms with Gasteiger partial charge in [-0.15, -0.1) is 0 Å². The minimum atomic E-state index is 0. The van der Waals surface area contributed by atoms with E-state index in [0.29, 0.717) is 0 Å². The third kappa shape index (κ3) is 239. The van der Waals surface area contributed by atoms with Crippen molar-refractivity contribution < 1.29 is 31.2 Å². The third-order valence-corrected chi connectivity index (χ3v) is 0. The van der Waals surface area contributed by atoms with Crippen LogP contribution in [0.5, 0.6) is 0 Å². The molecule has 57 valence electrons. The molecule has 0 aliphatic heterocycles. The Hall–Kier alpha value is -0.884. The van der Waals surface area contributed by atoms with Crippen LogP contribution in [0.1, 0.15) is 0 Å². The van der Waals surface area contributed by atoms with Gasteiger partial charge in [0.25, 0.3) is 0 Å². The summed E-state index contributed by atoms with van der Waals surface area (Å²) in [5, 5.41) is 0. The molecule has 5 nitrogen and oxygen atoms in total. The Kier molecular flexibility index (Phi) is 1600. The zero-order chi connectivity index (χ0) is 8.00. The Morgan fingerprint density at radius 3 is 0.667 bits per heavy atom. The van der Waals surface area contributed by atoms with Crippen molar-refractivity contribution in [3.63, 3.8) is 0 Å². The molecule has 0 aromatic rings. The van der Waals surface area contributed by atoms with Crippen LogP contribution in [0, 0.1) is 4.91 Å². The van der Waals surface area contributed by atoms with E-state index in [1.165, 1.54) is 0 Å². The van der Waals surface area contributed by atoms with Crippen molar-refractivity contribution in [3.05, 3.63) is 10.5 Å². The van der Waals surface area contributed by atoms with Gasteiger partial charge in [0.1, 0.15) is 20.4 Å². The first-order valence-corrected chi connectivity index (χ1v) is 1.05. The van der Waals surface area contributed by atoms with E-state index in [0.717, 1.165) is 0 Å². The Bertz CT molecular complexity index is 23.8. The number of rotatable bonds is 0. The van der Waals surface area contributed by atoms with Crippen LogP contribution >= 0.6 is 0 Å². The Morgan fingerprint density at radius 2 is 0.667 bits per heavy atom. The number of hydrogen-bond acceptors (Lipinski definition) is 4. The van der Waals surface area contributed by atoms with Gasteiger partial charge in [-0.3, -0.25) is 0 Å². The Balaban J connectivity index is -0.00000000762. The molecule has 0 saturated carbocycles. The van der Waals surface area contributed by atoms with Crippen molar-refractivity contribution in [1.82, 2.24) is 0 Å². The average molecular weight is 179 g/mol. The number of carbonyl (C=O) groups is 3. The van der Waals surface area contributed by atoms with Crippen molar-refractivity contribution in [2.24, 2.45) is 0 Å². The second-order valence-corrected chi connectivity index (χ2v) is 0. The second-order valence-electron chi connectivity index (χ2n) is 0. The zero-order valence-electron chi connectivity index (χ0n) is 4.53. The van der Waals surface area contributed by atoms with Gasteiger partial charge in [0.05, 0.1) is 0 Å². The summed E-state index contributed by atoms with van der Waals surface area (Å²) in [5.74, 6) is 0. The van der Waals surface area contributed by atoms with Crippen LogP contribution in [0.15, 0.2) is 0 Å². The fourth-order valence-corrected chi connectivity index (χ4v) is 0. The fraction of sp³-hybridized carbons (Fsp3) is 0. The van der Waals surface area contributed by atoms with E-state index in [9.17, 15) is 0 Å². The molecule has 0 N–H and O–H groups in total. The number of nitrogens with zero attached hydrogens (tertiary/aromatic N) is 1. The van der Waals surface area contributed by atoms with E-state index in [2.05, 4.69) is 0 Å². The first-order valence-electron chi connectivity index (χ1n) is 1.05. The molecule has 0 fully saturated rings. The molecular formula is C3H6CoNO4-. The minimum absolute atomic E-state index is 0. The van der Waals surface area contributed by atoms with E-state index in [1.54, 1.807) is 0 Å².